The van der Waals surface area contributed by atoms with Crippen LogP contribution >= 0.6 is 11.8 Å². The van der Waals surface area contributed by atoms with Gasteiger partial charge in [0.25, 0.3) is 5.69 Å². The smallest absolute Gasteiger partial charge is 0.309 e. The molecule has 0 N–H and O–H groups in total. The predicted octanol–water partition coefficient (Wildman–Crippen LogP) is 2.79. The van der Waals surface area contributed by atoms with Crippen LogP contribution in [0.3, 0.4) is 0 Å². The van der Waals surface area contributed by atoms with Crippen molar-refractivity contribution in [1.82, 2.24) is 0 Å². The highest BCUT2D eigenvalue weighted by Gasteiger charge is 2.23. The van der Waals surface area contributed by atoms with E-state index >= 15 is 0 Å². The lowest BCUT2D eigenvalue weighted by Gasteiger charge is -2.20. The summed E-state index contributed by atoms with van der Waals surface area (Å²) in [5.41, 5.74) is 0.459. The first kappa shape index (κ1) is 15.6. The Bertz CT molecular complexity index is 528. The maximum Gasteiger partial charge on any atom is 0.309 e. The van der Waals surface area contributed by atoms with E-state index < -0.39 is 4.92 Å². The van der Waals surface area contributed by atoms with Crippen molar-refractivity contribution in [3.8, 4) is 5.75 Å². The zero-order valence-electron chi connectivity index (χ0n) is 11.7. The van der Waals surface area contributed by atoms with Crippen LogP contribution in [-0.2, 0) is 16.1 Å². The van der Waals surface area contributed by atoms with Gasteiger partial charge in [-0.2, -0.15) is 11.8 Å². The minimum absolute atomic E-state index is 0.00662. The van der Waals surface area contributed by atoms with E-state index in [-0.39, 0.29) is 24.2 Å². The molecule has 0 saturated carbocycles. The summed E-state index contributed by atoms with van der Waals surface area (Å²) in [4.78, 5) is 22.3. The van der Waals surface area contributed by atoms with Gasteiger partial charge in [-0.1, -0.05) is 0 Å². The summed E-state index contributed by atoms with van der Waals surface area (Å²) >= 11 is 1.84. The highest BCUT2D eigenvalue weighted by Crippen LogP contribution is 2.27. The fraction of sp³-hybridized carbons (Fsp3) is 0.500. The van der Waals surface area contributed by atoms with Crippen molar-refractivity contribution in [1.29, 1.82) is 0 Å². The fourth-order valence-corrected chi connectivity index (χ4v) is 3.30. The molecule has 0 unspecified atom stereocenters. The number of esters is 1. The lowest BCUT2D eigenvalue weighted by molar-refractivity contribution is -0.385. The van der Waals surface area contributed by atoms with Gasteiger partial charge in [0.1, 0.15) is 12.4 Å². The number of methoxy groups -OCH3 is 1. The third kappa shape index (κ3) is 4.10. The number of hydrogen-bond donors (Lipinski definition) is 0. The van der Waals surface area contributed by atoms with E-state index in [9.17, 15) is 14.9 Å². The molecule has 21 heavy (non-hydrogen) atoms. The molecule has 1 fully saturated rings. The van der Waals surface area contributed by atoms with Gasteiger partial charge in [-0.15, -0.1) is 0 Å². The quantitative estimate of drug-likeness (QED) is 0.472. The molecule has 0 amide bonds. The maximum absolute atomic E-state index is 12.0. The lowest BCUT2D eigenvalue weighted by Crippen LogP contribution is -2.22. The van der Waals surface area contributed by atoms with Crippen molar-refractivity contribution in [2.45, 2.75) is 19.4 Å². The monoisotopic (exact) mass is 311 g/mol. The fourth-order valence-electron chi connectivity index (χ4n) is 2.19. The van der Waals surface area contributed by atoms with Gasteiger partial charge >= 0.3 is 5.97 Å². The van der Waals surface area contributed by atoms with Crippen molar-refractivity contribution in [3.63, 3.8) is 0 Å². The van der Waals surface area contributed by atoms with E-state index in [1.54, 1.807) is 0 Å². The number of rotatable bonds is 5. The van der Waals surface area contributed by atoms with E-state index in [0.29, 0.717) is 11.3 Å². The molecule has 114 valence electrons. The third-order valence-corrected chi connectivity index (χ3v) is 4.45. The van der Waals surface area contributed by atoms with Crippen LogP contribution in [0, 0.1) is 16.0 Å². The van der Waals surface area contributed by atoms with Crippen molar-refractivity contribution >= 4 is 23.4 Å². The van der Waals surface area contributed by atoms with E-state index in [2.05, 4.69) is 0 Å². The Morgan fingerprint density at radius 3 is 2.76 bits per heavy atom. The van der Waals surface area contributed by atoms with Crippen LogP contribution in [0.2, 0.25) is 0 Å². The molecule has 2 rings (SSSR count). The second kappa shape index (κ2) is 7.31. The number of hydrogen-bond acceptors (Lipinski definition) is 6. The first-order chi connectivity index (χ1) is 10.1. The molecule has 1 aliphatic heterocycles. The van der Waals surface area contributed by atoms with E-state index in [1.165, 1.54) is 25.3 Å². The number of carbonyl (C=O) groups is 1. The Labute approximate surface area is 127 Å². The van der Waals surface area contributed by atoms with Crippen LogP contribution in [0.5, 0.6) is 5.75 Å². The topological polar surface area (TPSA) is 78.7 Å². The number of nitro benzene ring substituents is 1. The second-order valence-electron chi connectivity index (χ2n) is 4.75. The molecule has 1 aliphatic rings. The Kier molecular flexibility index (Phi) is 5.44. The molecule has 1 aromatic carbocycles. The minimum atomic E-state index is -0.483. The molecule has 0 aliphatic carbocycles. The van der Waals surface area contributed by atoms with Crippen molar-refractivity contribution in [2.24, 2.45) is 5.92 Å². The molecule has 0 spiro atoms. The molecule has 0 atom stereocenters. The number of benzene rings is 1. The highest BCUT2D eigenvalue weighted by molar-refractivity contribution is 7.99. The SMILES string of the molecule is COc1ccc([N+](=O)[O-])cc1COC(=O)C1CCSCC1. The maximum atomic E-state index is 12.0. The summed E-state index contributed by atoms with van der Waals surface area (Å²) < 4.78 is 10.4. The van der Waals surface area contributed by atoms with Crippen molar-refractivity contribution in [2.75, 3.05) is 18.6 Å². The first-order valence-corrected chi connectivity index (χ1v) is 7.83. The molecule has 6 nitrogen and oxygen atoms in total. The molecular weight excluding hydrogens is 294 g/mol. The molecule has 0 aromatic heterocycles. The summed E-state index contributed by atoms with van der Waals surface area (Å²) in [6.45, 7) is -0.00662. The summed E-state index contributed by atoms with van der Waals surface area (Å²) in [6.07, 6.45) is 1.66. The van der Waals surface area contributed by atoms with Gasteiger partial charge in [0.2, 0.25) is 0 Å². The number of nitro groups is 1. The summed E-state index contributed by atoms with van der Waals surface area (Å²) in [7, 11) is 1.48. The van der Waals surface area contributed by atoms with Crippen LogP contribution in [0.4, 0.5) is 5.69 Å². The normalized spacial score (nSPS) is 15.5. The largest absolute Gasteiger partial charge is 0.496 e. The van der Waals surface area contributed by atoms with Crippen LogP contribution in [0.15, 0.2) is 18.2 Å². The van der Waals surface area contributed by atoms with Crippen LogP contribution in [0.25, 0.3) is 0 Å². The van der Waals surface area contributed by atoms with E-state index in [1.807, 2.05) is 11.8 Å². The number of ether oxygens (including phenoxy) is 2. The predicted molar refractivity (Wildman–Crippen MR) is 79.5 cm³/mol. The van der Waals surface area contributed by atoms with Gasteiger partial charge < -0.3 is 9.47 Å². The Morgan fingerprint density at radius 1 is 1.43 bits per heavy atom. The summed E-state index contributed by atoms with van der Waals surface area (Å²) in [6, 6.07) is 4.25. The van der Waals surface area contributed by atoms with Crippen LogP contribution in [-0.4, -0.2) is 29.5 Å². The number of nitrogens with zero attached hydrogens (tertiary/aromatic N) is 1. The second-order valence-corrected chi connectivity index (χ2v) is 5.97. The van der Waals surface area contributed by atoms with Crippen LogP contribution < -0.4 is 4.74 Å². The summed E-state index contributed by atoms with van der Waals surface area (Å²) in [5.74, 6) is 2.13. The van der Waals surface area contributed by atoms with E-state index in [0.717, 1.165) is 24.3 Å². The number of non-ortho nitro benzene ring substituents is 1. The first-order valence-electron chi connectivity index (χ1n) is 6.67. The van der Waals surface area contributed by atoms with Gasteiger partial charge in [-0.25, -0.2) is 0 Å². The Hall–Kier alpha value is -1.76. The molecular formula is C14H17NO5S. The zero-order chi connectivity index (χ0) is 15.2. The van der Waals surface area contributed by atoms with Gasteiger partial charge in [-0.05, 0) is 30.4 Å². The molecule has 1 saturated heterocycles. The van der Waals surface area contributed by atoms with Crippen LogP contribution in [0.1, 0.15) is 18.4 Å². The number of carbonyl (C=O) groups excluding carboxylic acids is 1. The van der Waals surface area contributed by atoms with Gasteiger partial charge in [0, 0.05) is 17.7 Å². The highest BCUT2D eigenvalue weighted by atomic mass is 32.2. The number of thioether (sulfide) groups is 1. The third-order valence-electron chi connectivity index (χ3n) is 3.40. The standard InChI is InChI=1S/C14H17NO5S/c1-19-13-3-2-12(15(17)18)8-11(13)9-20-14(16)10-4-6-21-7-5-10/h2-3,8,10H,4-7,9H2,1H3. The van der Waals surface area contributed by atoms with Gasteiger partial charge in [0.05, 0.1) is 18.0 Å². The van der Waals surface area contributed by atoms with Gasteiger partial charge in [-0.3, -0.25) is 14.9 Å². The van der Waals surface area contributed by atoms with Crippen molar-refractivity contribution in [3.05, 3.63) is 33.9 Å². The average molecular weight is 311 g/mol. The molecule has 0 radical (unpaired) electrons. The van der Waals surface area contributed by atoms with E-state index in [4.69, 9.17) is 9.47 Å². The van der Waals surface area contributed by atoms with Gasteiger partial charge in [0.15, 0.2) is 0 Å². The molecule has 1 heterocycles. The molecule has 1 aromatic rings. The average Bonchev–Trinajstić information content (AvgIpc) is 2.53. The zero-order valence-corrected chi connectivity index (χ0v) is 12.6. The molecule has 7 heteroatoms. The Balaban J connectivity index is 2.02. The van der Waals surface area contributed by atoms with Crippen molar-refractivity contribution < 1.29 is 19.2 Å². The Morgan fingerprint density at radius 2 is 2.14 bits per heavy atom. The lowest BCUT2D eigenvalue weighted by atomic mass is 10.0. The molecule has 0 bridgehead atoms. The summed E-state index contributed by atoms with van der Waals surface area (Å²) in [5, 5.41) is 10.8. The minimum Gasteiger partial charge on any atom is -0.496 e.